The topological polar surface area (TPSA) is 65.4 Å². The number of benzene rings is 1. The zero-order chi connectivity index (χ0) is 12.1. The molecule has 1 aromatic heterocycles. The zero-order valence-electron chi connectivity index (χ0n) is 8.85. The number of hydrogen-bond acceptors (Lipinski definition) is 4. The normalized spacial score (nSPS) is 10.1. The summed E-state index contributed by atoms with van der Waals surface area (Å²) in [5.74, 6) is 1.49. The molecule has 0 spiro atoms. The molecule has 86 valence electrons. The lowest BCUT2D eigenvalue weighted by Crippen LogP contribution is -1.86. The quantitative estimate of drug-likeness (QED) is 0.843. The maximum absolute atomic E-state index is 12.9. The molecule has 0 saturated carbocycles. The summed E-state index contributed by atoms with van der Waals surface area (Å²) >= 11 is 1.46. The summed E-state index contributed by atoms with van der Waals surface area (Å²) in [5.41, 5.74) is 0. The third-order valence-electron chi connectivity index (χ3n) is 1.99. The highest BCUT2D eigenvalue weighted by atomic mass is 32.2. The van der Waals surface area contributed by atoms with Crippen LogP contribution in [-0.4, -0.2) is 15.2 Å². The second kappa shape index (κ2) is 5.46. The van der Waals surface area contributed by atoms with Gasteiger partial charge in [-0.25, -0.2) is 9.37 Å². The summed E-state index contributed by atoms with van der Waals surface area (Å²) in [6.45, 7) is 0. The average molecular weight is 248 g/mol. The van der Waals surface area contributed by atoms with Gasteiger partial charge in [0.2, 0.25) is 0 Å². The summed E-state index contributed by atoms with van der Waals surface area (Å²) in [6.07, 6.45) is 0.196. The first kappa shape index (κ1) is 11.6. The molecule has 0 aliphatic heterocycles. The van der Waals surface area contributed by atoms with Crippen LogP contribution in [0.2, 0.25) is 0 Å². The summed E-state index contributed by atoms with van der Waals surface area (Å²) < 4.78 is 12.9. The van der Waals surface area contributed by atoms with Gasteiger partial charge in [-0.2, -0.15) is 10.4 Å². The van der Waals surface area contributed by atoms with Crippen LogP contribution >= 0.6 is 11.8 Å². The highest BCUT2D eigenvalue weighted by Crippen LogP contribution is 2.21. The third kappa shape index (κ3) is 3.29. The van der Waals surface area contributed by atoms with Crippen LogP contribution in [0.5, 0.6) is 0 Å². The van der Waals surface area contributed by atoms with Crippen molar-refractivity contribution in [1.29, 1.82) is 5.26 Å². The number of thioether (sulfide) groups is 1. The number of H-pyrrole nitrogens is 1. The second-order valence-corrected chi connectivity index (χ2v) is 4.33. The molecular formula is C11H9FN4S. The van der Waals surface area contributed by atoms with Crippen LogP contribution in [-0.2, 0) is 12.2 Å². The molecule has 17 heavy (non-hydrogen) atoms. The SMILES string of the molecule is N#CCc1n[nH]c(CSc2cccc(F)c2)n1. The van der Waals surface area contributed by atoms with Crippen molar-refractivity contribution in [2.75, 3.05) is 0 Å². The van der Waals surface area contributed by atoms with Crippen molar-refractivity contribution in [3.8, 4) is 6.07 Å². The number of aromatic nitrogens is 3. The fourth-order valence-corrected chi connectivity index (χ4v) is 2.06. The number of halogens is 1. The fraction of sp³-hybridized carbons (Fsp3) is 0.182. The van der Waals surface area contributed by atoms with E-state index in [2.05, 4.69) is 15.2 Å². The Morgan fingerprint density at radius 3 is 3.12 bits per heavy atom. The van der Waals surface area contributed by atoms with Crippen molar-refractivity contribution in [3.63, 3.8) is 0 Å². The number of rotatable bonds is 4. The maximum atomic E-state index is 12.9. The van der Waals surface area contributed by atoms with Gasteiger partial charge in [-0.15, -0.1) is 11.8 Å². The van der Waals surface area contributed by atoms with E-state index >= 15 is 0 Å². The third-order valence-corrected chi connectivity index (χ3v) is 2.99. The van der Waals surface area contributed by atoms with E-state index in [4.69, 9.17) is 5.26 Å². The number of aromatic amines is 1. The number of hydrogen-bond donors (Lipinski definition) is 1. The Morgan fingerprint density at radius 1 is 1.47 bits per heavy atom. The van der Waals surface area contributed by atoms with Gasteiger partial charge in [-0.1, -0.05) is 6.07 Å². The molecule has 0 aliphatic rings. The molecule has 0 fully saturated rings. The maximum Gasteiger partial charge on any atom is 0.164 e. The zero-order valence-corrected chi connectivity index (χ0v) is 9.67. The van der Waals surface area contributed by atoms with Gasteiger partial charge < -0.3 is 0 Å². The Labute approximate surface area is 102 Å². The lowest BCUT2D eigenvalue weighted by atomic mass is 10.4. The van der Waals surface area contributed by atoms with E-state index in [-0.39, 0.29) is 12.2 Å². The van der Waals surface area contributed by atoms with Crippen LogP contribution in [0.4, 0.5) is 4.39 Å². The fourth-order valence-electron chi connectivity index (χ4n) is 1.26. The van der Waals surface area contributed by atoms with Crippen molar-refractivity contribution in [2.24, 2.45) is 0 Å². The van der Waals surface area contributed by atoms with Crippen LogP contribution in [0.1, 0.15) is 11.6 Å². The van der Waals surface area contributed by atoms with Gasteiger partial charge in [-0.3, -0.25) is 5.10 Å². The highest BCUT2D eigenvalue weighted by molar-refractivity contribution is 7.98. The summed E-state index contributed by atoms with van der Waals surface area (Å²) in [7, 11) is 0. The Balaban J connectivity index is 1.95. The molecule has 1 N–H and O–H groups in total. The summed E-state index contributed by atoms with van der Waals surface area (Å²) in [4.78, 5) is 4.97. The molecule has 0 unspecified atom stereocenters. The molecule has 1 heterocycles. The molecule has 0 saturated heterocycles. The molecule has 2 rings (SSSR count). The van der Waals surface area contributed by atoms with Crippen molar-refractivity contribution in [1.82, 2.24) is 15.2 Å². The van der Waals surface area contributed by atoms with Gasteiger partial charge in [-0.05, 0) is 18.2 Å². The molecule has 0 atom stereocenters. The predicted octanol–water partition coefficient (Wildman–Crippen LogP) is 2.30. The first-order chi connectivity index (χ1) is 8.28. The van der Waals surface area contributed by atoms with E-state index < -0.39 is 0 Å². The molecule has 4 nitrogen and oxygen atoms in total. The molecule has 6 heteroatoms. The molecular weight excluding hydrogens is 239 g/mol. The largest absolute Gasteiger partial charge is 0.262 e. The molecule has 0 amide bonds. The van der Waals surface area contributed by atoms with E-state index in [1.807, 2.05) is 12.1 Å². The van der Waals surface area contributed by atoms with E-state index in [1.54, 1.807) is 6.07 Å². The van der Waals surface area contributed by atoms with Crippen LogP contribution < -0.4 is 0 Å². The predicted molar refractivity (Wildman–Crippen MR) is 61.7 cm³/mol. The van der Waals surface area contributed by atoms with E-state index in [0.717, 1.165) is 4.90 Å². The van der Waals surface area contributed by atoms with Gasteiger partial charge in [0.05, 0.1) is 18.2 Å². The molecule has 0 aliphatic carbocycles. The van der Waals surface area contributed by atoms with Crippen LogP contribution in [0.25, 0.3) is 0 Å². The van der Waals surface area contributed by atoms with Crippen LogP contribution in [0.15, 0.2) is 29.2 Å². The smallest absolute Gasteiger partial charge is 0.164 e. The first-order valence-corrected chi connectivity index (χ1v) is 5.92. The van der Waals surface area contributed by atoms with Gasteiger partial charge in [0.15, 0.2) is 5.82 Å². The lowest BCUT2D eigenvalue weighted by molar-refractivity contribution is 0.624. The van der Waals surface area contributed by atoms with E-state index in [1.165, 1.54) is 23.9 Å². The number of nitriles is 1. The average Bonchev–Trinajstić information content (AvgIpc) is 2.75. The number of nitrogens with one attached hydrogen (secondary N) is 1. The molecule has 2 aromatic rings. The van der Waals surface area contributed by atoms with Gasteiger partial charge in [0.1, 0.15) is 11.6 Å². The molecule has 1 aromatic carbocycles. The Bertz CT molecular complexity index is 546. The summed E-state index contributed by atoms with van der Waals surface area (Å²) in [6, 6.07) is 8.35. The minimum absolute atomic E-state index is 0.196. The minimum Gasteiger partial charge on any atom is -0.262 e. The van der Waals surface area contributed by atoms with Crippen molar-refractivity contribution >= 4 is 11.8 Å². The van der Waals surface area contributed by atoms with Crippen molar-refractivity contribution in [2.45, 2.75) is 17.1 Å². The van der Waals surface area contributed by atoms with E-state index in [9.17, 15) is 4.39 Å². The van der Waals surface area contributed by atoms with Gasteiger partial charge >= 0.3 is 0 Å². The van der Waals surface area contributed by atoms with Gasteiger partial charge in [0, 0.05) is 4.90 Å². The number of nitrogens with zero attached hydrogens (tertiary/aromatic N) is 3. The lowest BCUT2D eigenvalue weighted by Gasteiger charge is -1.98. The molecule has 0 radical (unpaired) electrons. The standard InChI is InChI=1S/C11H9FN4S/c12-8-2-1-3-9(6-8)17-7-11-14-10(4-5-13)15-16-11/h1-3,6H,4,7H2,(H,14,15,16). The van der Waals surface area contributed by atoms with Crippen LogP contribution in [0.3, 0.4) is 0 Å². The summed E-state index contributed by atoms with van der Waals surface area (Å²) in [5, 5.41) is 15.1. The highest BCUT2D eigenvalue weighted by Gasteiger charge is 2.03. The first-order valence-electron chi connectivity index (χ1n) is 4.93. The monoisotopic (exact) mass is 248 g/mol. The van der Waals surface area contributed by atoms with Gasteiger partial charge in [0.25, 0.3) is 0 Å². The Hall–Kier alpha value is -1.87. The molecule has 0 bridgehead atoms. The van der Waals surface area contributed by atoms with Crippen LogP contribution in [0, 0.1) is 17.1 Å². The van der Waals surface area contributed by atoms with E-state index in [0.29, 0.717) is 17.4 Å². The minimum atomic E-state index is -0.252. The van der Waals surface area contributed by atoms with Crippen molar-refractivity contribution < 1.29 is 4.39 Å². The second-order valence-electron chi connectivity index (χ2n) is 3.28. The van der Waals surface area contributed by atoms with Crippen molar-refractivity contribution in [3.05, 3.63) is 41.7 Å². The Kier molecular flexibility index (Phi) is 3.73. The Morgan fingerprint density at radius 2 is 2.35 bits per heavy atom.